The van der Waals surface area contributed by atoms with E-state index in [0.717, 1.165) is 0 Å². The van der Waals surface area contributed by atoms with Gasteiger partial charge in [0.25, 0.3) is 0 Å². The van der Waals surface area contributed by atoms with Gasteiger partial charge in [0.1, 0.15) is 18.3 Å². The summed E-state index contributed by atoms with van der Waals surface area (Å²) in [7, 11) is 0. The van der Waals surface area contributed by atoms with Crippen LogP contribution in [0.15, 0.2) is 28.5 Å². The van der Waals surface area contributed by atoms with Gasteiger partial charge in [-0.15, -0.1) is 0 Å². The molecular weight excluding hydrogens is 172 g/mol. The lowest BCUT2D eigenvalue weighted by atomic mass is 10.5. The zero-order valence-electron chi connectivity index (χ0n) is 6.51. The molecule has 0 aliphatic carbocycles. The van der Waals surface area contributed by atoms with Gasteiger partial charge in [-0.25, -0.2) is 15.5 Å². The molecule has 0 saturated heterocycles. The Morgan fingerprint density at radius 2 is 2.54 bits per heavy atom. The number of hydrogen-bond donors (Lipinski definition) is 2. The molecule has 2 aromatic rings. The van der Waals surface area contributed by atoms with Gasteiger partial charge in [0.2, 0.25) is 5.95 Å². The number of hydrogen-bond acceptors (Lipinski definition) is 6. The number of H-pyrrole nitrogens is 1. The van der Waals surface area contributed by atoms with Crippen LogP contribution in [-0.4, -0.2) is 26.4 Å². The lowest BCUT2D eigenvalue weighted by molar-refractivity contribution is 0.557. The van der Waals surface area contributed by atoms with Crippen molar-refractivity contribution in [3.8, 4) is 0 Å². The van der Waals surface area contributed by atoms with Crippen LogP contribution in [0.4, 0.5) is 5.95 Å². The molecular formula is C6H6N6O. The van der Waals surface area contributed by atoms with E-state index < -0.39 is 0 Å². The Balaban J connectivity index is 1.93. The topological polar surface area (TPSA) is 92.0 Å². The van der Waals surface area contributed by atoms with Crippen LogP contribution in [0.1, 0.15) is 5.69 Å². The van der Waals surface area contributed by atoms with Gasteiger partial charge in [0.05, 0.1) is 6.21 Å². The molecule has 7 heteroatoms. The fourth-order valence-electron chi connectivity index (χ4n) is 0.705. The summed E-state index contributed by atoms with van der Waals surface area (Å²) < 4.78 is 4.74. The maximum atomic E-state index is 4.74. The Morgan fingerprint density at radius 3 is 3.23 bits per heavy atom. The summed E-state index contributed by atoms with van der Waals surface area (Å²) in [4.78, 5) is 7.63. The smallest absolute Gasteiger partial charge is 0.239 e. The van der Waals surface area contributed by atoms with Gasteiger partial charge in [-0.05, 0) is 0 Å². The summed E-state index contributed by atoms with van der Waals surface area (Å²) in [6, 6.07) is 0. The first-order valence-electron chi connectivity index (χ1n) is 3.48. The van der Waals surface area contributed by atoms with Crippen LogP contribution in [0.5, 0.6) is 0 Å². The summed E-state index contributed by atoms with van der Waals surface area (Å²) in [5.41, 5.74) is 3.25. The minimum absolute atomic E-state index is 0.472. The van der Waals surface area contributed by atoms with Crippen LogP contribution >= 0.6 is 0 Å². The molecule has 2 N–H and O–H groups in total. The van der Waals surface area contributed by atoms with Crippen LogP contribution in [0.3, 0.4) is 0 Å². The SMILES string of the molecule is C(=N\Nc1ncn[nH]1)/c1cocn1. The average Bonchev–Trinajstić information content (AvgIpc) is 2.75. The number of aromatic amines is 1. The highest BCUT2D eigenvalue weighted by Gasteiger charge is 1.90. The summed E-state index contributed by atoms with van der Waals surface area (Å²) in [5.74, 6) is 0.472. The molecule has 0 aliphatic rings. The van der Waals surface area contributed by atoms with Crippen molar-refractivity contribution in [2.75, 3.05) is 5.43 Å². The molecule has 2 heterocycles. The molecule has 0 saturated carbocycles. The maximum Gasteiger partial charge on any atom is 0.239 e. The van der Waals surface area contributed by atoms with Crippen LogP contribution in [-0.2, 0) is 0 Å². The van der Waals surface area contributed by atoms with Gasteiger partial charge in [-0.3, -0.25) is 0 Å². The second kappa shape index (κ2) is 3.48. The third-order valence-corrected chi connectivity index (χ3v) is 1.23. The first-order chi connectivity index (χ1) is 6.45. The monoisotopic (exact) mass is 178 g/mol. The quantitative estimate of drug-likeness (QED) is 0.518. The second-order valence-electron chi connectivity index (χ2n) is 2.12. The molecule has 0 radical (unpaired) electrons. The highest BCUT2D eigenvalue weighted by Crippen LogP contribution is 1.92. The summed E-state index contributed by atoms with van der Waals surface area (Å²) in [5, 5.41) is 10.0. The Hall–Kier alpha value is -2.18. The highest BCUT2D eigenvalue weighted by molar-refractivity contribution is 5.76. The Labute approximate surface area is 72.9 Å². The molecule has 13 heavy (non-hydrogen) atoms. The number of nitrogens with one attached hydrogen (secondary N) is 2. The lowest BCUT2D eigenvalue weighted by Gasteiger charge is -1.89. The van der Waals surface area contributed by atoms with E-state index >= 15 is 0 Å². The van der Waals surface area contributed by atoms with Gasteiger partial charge in [-0.2, -0.15) is 15.2 Å². The van der Waals surface area contributed by atoms with Crippen molar-refractivity contribution in [2.24, 2.45) is 5.10 Å². The van der Waals surface area contributed by atoms with Gasteiger partial charge >= 0.3 is 0 Å². The van der Waals surface area contributed by atoms with E-state index in [4.69, 9.17) is 4.42 Å². The fraction of sp³-hybridized carbons (Fsp3) is 0. The van der Waals surface area contributed by atoms with Crippen LogP contribution in [0, 0.1) is 0 Å². The van der Waals surface area contributed by atoms with Crippen molar-refractivity contribution in [1.29, 1.82) is 0 Å². The predicted molar refractivity (Wildman–Crippen MR) is 44.1 cm³/mol. The molecule has 0 bridgehead atoms. The first-order valence-corrected chi connectivity index (χ1v) is 3.48. The van der Waals surface area contributed by atoms with E-state index in [0.29, 0.717) is 11.6 Å². The molecule has 0 atom stereocenters. The minimum Gasteiger partial charge on any atom is -0.451 e. The van der Waals surface area contributed by atoms with E-state index in [1.54, 1.807) is 0 Å². The molecule has 2 rings (SSSR count). The number of hydrazone groups is 1. The molecule has 0 fully saturated rings. The van der Waals surface area contributed by atoms with Crippen molar-refractivity contribution in [3.63, 3.8) is 0 Å². The predicted octanol–water partition coefficient (Wildman–Crippen LogP) is 0.239. The number of aromatic nitrogens is 4. The van der Waals surface area contributed by atoms with E-state index in [2.05, 4.69) is 30.7 Å². The van der Waals surface area contributed by atoms with Gasteiger partial charge in [0.15, 0.2) is 6.39 Å². The van der Waals surface area contributed by atoms with Crippen molar-refractivity contribution >= 4 is 12.2 Å². The number of oxazole rings is 1. The number of anilines is 1. The van der Waals surface area contributed by atoms with Crippen molar-refractivity contribution in [2.45, 2.75) is 0 Å². The first kappa shape index (κ1) is 7.47. The molecule has 0 unspecified atom stereocenters. The van der Waals surface area contributed by atoms with Crippen molar-refractivity contribution in [1.82, 2.24) is 20.2 Å². The molecule has 7 nitrogen and oxygen atoms in total. The zero-order chi connectivity index (χ0) is 8.93. The lowest BCUT2D eigenvalue weighted by Crippen LogP contribution is -1.92. The molecule has 0 spiro atoms. The van der Waals surface area contributed by atoms with Crippen LogP contribution < -0.4 is 5.43 Å². The van der Waals surface area contributed by atoms with Crippen molar-refractivity contribution < 1.29 is 4.42 Å². The second-order valence-corrected chi connectivity index (χ2v) is 2.12. The fourth-order valence-corrected chi connectivity index (χ4v) is 0.705. The normalized spacial score (nSPS) is 10.8. The largest absolute Gasteiger partial charge is 0.451 e. The number of rotatable bonds is 3. The van der Waals surface area contributed by atoms with Crippen LogP contribution in [0.2, 0.25) is 0 Å². The standard InChI is InChI=1S/C6H6N6O/c1(5-2-13-4-8-5)9-11-6-7-3-10-12-6/h1-4H,(H2,7,10,11,12)/b9-1+. The minimum atomic E-state index is 0.472. The van der Waals surface area contributed by atoms with E-state index in [1.165, 1.54) is 25.2 Å². The van der Waals surface area contributed by atoms with Gasteiger partial charge in [0, 0.05) is 0 Å². The highest BCUT2D eigenvalue weighted by atomic mass is 16.3. The summed E-state index contributed by atoms with van der Waals surface area (Å²) in [6.07, 6.45) is 5.70. The van der Waals surface area contributed by atoms with Crippen LogP contribution in [0.25, 0.3) is 0 Å². The third-order valence-electron chi connectivity index (χ3n) is 1.23. The maximum absolute atomic E-state index is 4.74. The average molecular weight is 178 g/mol. The van der Waals surface area contributed by atoms with Crippen molar-refractivity contribution in [3.05, 3.63) is 24.7 Å². The van der Waals surface area contributed by atoms with Gasteiger partial charge in [-0.1, -0.05) is 0 Å². The van der Waals surface area contributed by atoms with E-state index in [9.17, 15) is 0 Å². The van der Waals surface area contributed by atoms with E-state index in [-0.39, 0.29) is 0 Å². The van der Waals surface area contributed by atoms with Gasteiger partial charge < -0.3 is 4.42 Å². The molecule has 0 aliphatic heterocycles. The Kier molecular flexibility index (Phi) is 2.00. The molecule has 0 amide bonds. The molecule has 66 valence electrons. The Morgan fingerprint density at radius 1 is 1.54 bits per heavy atom. The number of nitrogens with zero attached hydrogens (tertiary/aromatic N) is 4. The summed E-state index contributed by atoms with van der Waals surface area (Å²) >= 11 is 0. The zero-order valence-corrected chi connectivity index (χ0v) is 6.51. The van der Waals surface area contributed by atoms with E-state index in [1.807, 2.05) is 0 Å². The molecule has 2 aromatic heterocycles. The Bertz CT molecular complexity index is 364. The third kappa shape index (κ3) is 1.89. The molecule has 0 aromatic carbocycles. The summed E-state index contributed by atoms with van der Waals surface area (Å²) in [6.45, 7) is 0.